The molecule has 0 saturated heterocycles. The van der Waals surface area contributed by atoms with Crippen LogP contribution in [0.3, 0.4) is 0 Å². The van der Waals surface area contributed by atoms with Gasteiger partial charge >= 0.3 is 39.5 Å². The van der Waals surface area contributed by atoms with Crippen molar-refractivity contribution in [1.29, 1.82) is 0 Å². The van der Waals surface area contributed by atoms with Crippen LogP contribution in [0, 0.1) is 23.7 Å². The molecule has 0 aromatic rings. The topological polar surface area (TPSA) is 237 Å². The molecule has 0 heterocycles. The molecule has 3 unspecified atom stereocenters. The van der Waals surface area contributed by atoms with Crippen molar-refractivity contribution in [2.24, 2.45) is 23.7 Å². The summed E-state index contributed by atoms with van der Waals surface area (Å²) in [7, 11) is -9.90. The maximum absolute atomic E-state index is 13.0. The maximum atomic E-state index is 13.0. The van der Waals surface area contributed by atoms with Crippen LogP contribution in [0.15, 0.2) is 0 Å². The third-order valence-electron chi connectivity index (χ3n) is 15.9. The van der Waals surface area contributed by atoms with Gasteiger partial charge in [0.2, 0.25) is 0 Å². The van der Waals surface area contributed by atoms with Gasteiger partial charge in [-0.25, -0.2) is 9.13 Å². The van der Waals surface area contributed by atoms with E-state index in [1.165, 1.54) is 128 Å². The molecule has 0 rings (SSSR count). The number of carbonyl (C=O) groups is 4. The highest BCUT2D eigenvalue weighted by Gasteiger charge is 2.30. The van der Waals surface area contributed by atoms with Crippen LogP contribution < -0.4 is 0 Å². The van der Waals surface area contributed by atoms with Crippen LogP contribution in [-0.2, 0) is 65.4 Å². The Labute approximate surface area is 530 Å². The largest absolute Gasteiger partial charge is 0.472 e. The zero-order valence-electron chi connectivity index (χ0n) is 56.6. The molecule has 87 heavy (non-hydrogen) atoms. The highest BCUT2D eigenvalue weighted by atomic mass is 31.2. The van der Waals surface area contributed by atoms with Crippen LogP contribution in [0.1, 0.15) is 331 Å². The molecule has 0 aliphatic carbocycles. The van der Waals surface area contributed by atoms with Gasteiger partial charge in [0.1, 0.15) is 19.3 Å². The summed E-state index contributed by atoms with van der Waals surface area (Å²) in [6.07, 6.45) is 39.0. The van der Waals surface area contributed by atoms with Crippen LogP contribution in [0.2, 0.25) is 0 Å². The lowest BCUT2D eigenvalue weighted by atomic mass is 10.00. The van der Waals surface area contributed by atoms with Gasteiger partial charge in [0.25, 0.3) is 0 Å². The highest BCUT2D eigenvalue weighted by molar-refractivity contribution is 7.47. The average molecular weight is 1280 g/mol. The van der Waals surface area contributed by atoms with Crippen molar-refractivity contribution in [2.75, 3.05) is 39.6 Å². The molecule has 19 heteroatoms. The summed E-state index contributed by atoms with van der Waals surface area (Å²) in [5.41, 5.74) is 0. The Kier molecular flexibility index (Phi) is 56.6. The summed E-state index contributed by atoms with van der Waals surface area (Å²) in [6, 6.07) is 0. The molecule has 0 aromatic carbocycles. The van der Waals surface area contributed by atoms with E-state index in [0.717, 1.165) is 120 Å². The third-order valence-corrected chi connectivity index (χ3v) is 17.8. The standard InChI is InChI=1S/C68H132O17P2/c1-9-61(8)47-39-31-26-27-33-41-49-66(71)79-55-64(84-67(72)50-42-34-24-17-13-11-15-21-29-37-45-59(4)5)57-83-87(76,77)81-53-62(69)52-80-86(74,75)82-56-63(85-68(73)51-43-35-25-19-18-22-30-38-46-60(6)7)54-78-65(70)48-40-32-23-16-12-10-14-20-28-36-44-58(2)3/h58-64,69H,9-57H2,1-8H3,(H,74,75)(H,76,77)/t61?,62-,63-,64-/m1/s1. The van der Waals surface area contributed by atoms with E-state index in [9.17, 15) is 43.2 Å². The highest BCUT2D eigenvalue weighted by Crippen LogP contribution is 2.45. The summed E-state index contributed by atoms with van der Waals surface area (Å²) >= 11 is 0. The van der Waals surface area contributed by atoms with Crippen LogP contribution in [0.4, 0.5) is 0 Å². The molecule has 6 atom stereocenters. The number of aliphatic hydroxyl groups excluding tert-OH is 1. The van der Waals surface area contributed by atoms with E-state index >= 15 is 0 Å². The quantitative estimate of drug-likeness (QED) is 0.0222. The minimum Gasteiger partial charge on any atom is -0.462 e. The van der Waals surface area contributed by atoms with Crippen molar-refractivity contribution in [2.45, 2.75) is 350 Å². The summed E-state index contributed by atoms with van der Waals surface area (Å²) in [5.74, 6) is 0.825. The Hall–Kier alpha value is -1.94. The molecule has 0 fully saturated rings. The molecule has 0 aromatic heterocycles. The first-order valence-electron chi connectivity index (χ1n) is 35.2. The first-order valence-corrected chi connectivity index (χ1v) is 38.2. The van der Waals surface area contributed by atoms with Gasteiger partial charge in [-0.05, 0) is 49.4 Å². The molecule has 0 aliphatic rings. The van der Waals surface area contributed by atoms with Crippen molar-refractivity contribution in [1.82, 2.24) is 0 Å². The minimum absolute atomic E-state index is 0.104. The van der Waals surface area contributed by atoms with Gasteiger partial charge in [-0.1, -0.05) is 280 Å². The number of esters is 4. The van der Waals surface area contributed by atoms with Crippen molar-refractivity contribution in [3.8, 4) is 0 Å². The summed E-state index contributed by atoms with van der Waals surface area (Å²) in [6.45, 7) is 14.0. The summed E-state index contributed by atoms with van der Waals surface area (Å²) in [4.78, 5) is 72.4. The summed E-state index contributed by atoms with van der Waals surface area (Å²) in [5, 5.41) is 10.6. The SMILES string of the molecule is CCC(C)CCCCCCCCC(=O)OC[C@H](COP(=O)(O)OC[C@H](O)COP(=O)(O)OC[C@@H](COC(=O)CCCCCCCCCCCCC(C)C)OC(=O)CCCCCCCCCCC(C)C)OC(=O)CCCCCCCCCCCCC(C)C. The van der Waals surface area contributed by atoms with Gasteiger partial charge in [-0.3, -0.25) is 37.3 Å². The van der Waals surface area contributed by atoms with Crippen LogP contribution in [0.5, 0.6) is 0 Å². The number of aliphatic hydroxyl groups is 1. The molecule has 0 radical (unpaired) electrons. The molecule has 3 N–H and O–H groups in total. The molecule has 516 valence electrons. The number of unbranched alkanes of at least 4 members (excludes halogenated alkanes) is 30. The average Bonchev–Trinajstić information content (AvgIpc) is 3.67. The third kappa shape index (κ3) is 61.3. The zero-order chi connectivity index (χ0) is 64.7. The monoisotopic (exact) mass is 1280 g/mol. The normalized spacial score (nSPS) is 14.6. The van der Waals surface area contributed by atoms with E-state index in [2.05, 4.69) is 55.4 Å². The van der Waals surface area contributed by atoms with Crippen molar-refractivity contribution >= 4 is 39.5 Å². The fraction of sp³-hybridized carbons (Fsp3) is 0.941. The first-order chi connectivity index (χ1) is 41.6. The van der Waals surface area contributed by atoms with Gasteiger partial charge in [-0.15, -0.1) is 0 Å². The van der Waals surface area contributed by atoms with E-state index in [4.69, 9.17) is 37.0 Å². The van der Waals surface area contributed by atoms with E-state index in [-0.39, 0.29) is 25.7 Å². The van der Waals surface area contributed by atoms with Crippen molar-refractivity contribution in [3.05, 3.63) is 0 Å². The molecule has 0 amide bonds. The molecule has 0 saturated carbocycles. The number of carbonyl (C=O) groups excluding carboxylic acids is 4. The lowest BCUT2D eigenvalue weighted by Crippen LogP contribution is -2.30. The van der Waals surface area contributed by atoms with E-state index < -0.39 is 97.5 Å². The zero-order valence-corrected chi connectivity index (χ0v) is 58.4. The predicted molar refractivity (Wildman–Crippen MR) is 349 cm³/mol. The fourth-order valence-electron chi connectivity index (χ4n) is 10.1. The number of rotatable bonds is 65. The number of phosphoric ester groups is 2. The van der Waals surface area contributed by atoms with Crippen LogP contribution in [-0.4, -0.2) is 96.7 Å². The number of hydrogen-bond donors (Lipinski definition) is 3. The maximum Gasteiger partial charge on any atom is 0.472 e. The second kappa shape index (κ2) is 57.9. The molecular formula is C68H132O17P2. The van der Waals surface area contributed by atoms with E-state index in [0.29, 0.717) is 25.7 Å². The lowest BCUT2D eigenvalue weighted by molar-refractivity contribution is -0.161. The number of phosphoric acid groups is 2. The molecular weight excluding hydrogens is 1150 g/mol. The first kappa shape index (κ1) is 85.1. The van der Waals surface area contributed by atoms with Crippen molar-refractivity contribution in [3.63, 3.8) is 0 Å². The Morgan fingerprint density at radius 1 is 0.322 bits per heavy atom. The molecule has 0 aliphatic heterocycles. The van der Waals surface area contributed by atoms with Crippen molar-refractivity contribution < 1.29 is 80.2 Å². The number of ether oxygens (including phenoxy) is 4. The predicted octanol–water partition coefficient (Wildman–Crippen LogP) is 18.9. The minimum atomic E-state index is -4.95. The van der Waals surface area contributed by atoms with Gasteiger partial charge in [0, 0.05) is 25.7 Å². The Balaban J connectivity index is 5.26. The second-order valence-electron chi connectivity index (χ2n) is 26.2. The smallest absolute Gasteiger partial charge is 0.462 e. The van der Waals surface area contributed by atoms with E-state index in [1.807, 2.05) is 0 Å². The van der Waals surface area contributed by atoms with Gasteiger partial charge < -0.3 is 33.8 Å². The Morgan fingerprint density at radius 2 is 0.552 bits per heavy atom. The fourth-order valence-corrected chi connectivity index (χ4v) is 11.7. The second-order valence-corrected chi connectivity index (χ2v) is 29.1. The van der Waals surface area contributed by atoms with E-state index in [1.54, 1.807) is 0 Å². The number of hydrogen-bond acceptors (Lipinski definition) is 15. The van der Waals surface area contributed by atoms with Gasteiger partial charge in [0.15, 0.2) is 12.2 Å². The van der Waals surface area contributed by atoms with Gasteiger partial charge in [-0.2, -0.15) is 0 Å². The Bertz CT molecular complexity index is 1730. The van der Waals surface area contributed by atoms with Gasteiger partial charge in [0.05, 0.1) is 26.4 Å². The Morgan fingerprint density at radius 3 is 0.816 bits per heavy atom. The molecule has 0 bridgehead atoms. The summed E-state index contributed by atoms with van der Waals surface area (Å²) < 4.78 is 68.2. The van der Waals surface area contributed by atoms with Crippen LogP contribution in [0.25, 0.3) is 0 Å². The molecule has 0 spiro atoms. The lowest BCUT2D eigenvalue weighted by Gasteiger charge is -2.21. The molecule has 17 nitrogen and oxygen atoms in total. The van der Waals surface area contributed by atoms with Crippen LogP contribution >= 0.6 is 15.6 Å².